The number of aromatic amines is 1. The number of imidazole rings is 1. The molecule has 334 valence electrons. The van der Waals surface area contributed by atoms with E-state index in [1.54, 1.807) is 37.8 Å². The third kappa shape index (κ3) is 11.2. The summed E-state index contributed by atoms with van der Waals surface area (Å²) in [4.78, 5) is 81.8. The van der Waals surface area contributed by atoms with Crippen molar-refractivity contribution in [3.05, 3.63) is 114 Å². The van der Waals surface area contributed by atoms with Gasteiger partial charge in [-0.15, -0.1) is 0 Å². The number of hydrogen-bond donors (Lipinski definition) is 2. The zero-order valence-electron chi connectivity index (χ0n) is 37.5. The second kappa shape index (κ2) is 19.2. The number of nitrogens with one attached hydrogen (secondary N) is 2. The van der Waals surface area contributed by atoms with Crippen LogP contribution in [0.2, 0.25) is 0 Å². The molecule has 3 aromatic carbocycles. The highest BCUT2D eigenvalue weighted by Gasteiger charge is 2.42. The molecule has 3 unspecified atom stereocenters. The zero-order valence-corrected chi connectivity index (χ0v) is 37.5. The van der Waals surface area contributed by atoms with Crippen LogP contribution >= 0.6 is 0 Å². The third-order valence-electron chi connectivity index (χ3n) is 12.1. The maximum Gasteiger partial charge on any atom is 0.408 e. The van der Waals surface area contributed by atoms with Crippen LogP contribution in [-0.4, -0.2) is 97.9 Å². The Labute approximate surface area is 370 Å². The van der Waals surface area contributed by atoms with Gasteiger partial charge in [0, 0.05) is 26.2 Å². The van der Waals surface area contributed by atoms with Crippen molar-refractivity contribution in [1.29, 1.82) is 0 Å². The van der Waals surface area contributed by atoms with Gasteiger partial charge in [0.2, 0.25) is 11.8 Å². The molecule has 0 aliphatic carbocycles. The van der Waals surface area contributed by atoms with E-state index in [-0.39, 0.29) is 36.1 Å². The van der Waals surface area contributed by atoms with Gasteiger partial charge in [0.15, 0.2) is 0 Å². The van der Waals surface area contributed by atoms with Crippen molar-refractivity contribution in [1.82, 2.24) is 30.0 Å². The molecule has 0 radical (unpaired) electrons. The average Bonchev–Trinajstić information content (AvgIpc) is 4.06. The zero-order chi connectivity index (χ0) is 44.9. The number of rotatable bonds is 11. The molecule has 0 bridgehead atoms. The normalized spacial score (nSPS) is 19.4. The number of H-pyrrole nitrogens is 1. The van der Waals surface area contributed by atoms with Crippen LogP contribution in [0.15, 0.2) is 91.1 Å². The maximum absolute atomic E-state index is 14.2. The Kier molecular flexibility index (Phi) is 13.7. The van der Waals surface area contributed by atoms with Gasteiger partial charge in [-0.2, -0.15) is 0 Å². The van der Waals surface area contributed by atoms with Gasteiger partial charge in [-0.3, -0.25) is 19.2 Å². The molecular formula is C50H62N6O7. The number of carbonyl (C=O) groups excluding carboxylic acids is 5. The van der Waals surface area contributed by atoms with Gasteiger partial charge in [0.1, 0.15) is 29.1 Å². The lowest BCUT2D eigenvalue weighted by Crippen LogP contribution is -2.52. The minimum absolute atomic E-state index is 0.0409. The van der Waals surface area contributed by atoms with Crippen molar-refractivity contribution in [3.8, 4) is 11.3 Å². The van der Waals surface area contributed by atoms with E-state index >= 15 is 0 Å². The number of benzene rings is 3. The highest BCUT2D eigenvalue weighted by molar-refractivity contribution is 5.93. The van der Waals surface area contributed by atoms with Gasteiger partial charge < -0.3 is 34.5 Å². The maximum atomic E-state index is 14.2. The van der Waals surface area contributed by atoms with Gasteiger partial charge in [0.05, 0.1) is 30.3 Å². The van der Waals surface area contributed by atoms with Crippen LogP contribution < -0.4 is 5.32 Å². The Morgan fingerprint density at radius 1 is 0.714 bits per heavy atom. The minimum atomic E-state index is -0.979. The molecule has 2 N–H and O–H groups in total. The minimum Gasteiger partial charge on any atom is -0.460 e. The number of piperidine rings is 1. The summed E-state index contributed by atoms with van der Waals surface area (Å²) in [6.07, 6.45) is 5.57. The molecule has 4 amide bonds. The van der Waals surface area contributed by atoms with Crippen LogP contribution in [0.25, 0.3) is 11.3 Å². The van der Waals surface area contributed by atoms with Crippen molar-refractivity contribution >= 4 is 29.8 Å². The summed E-state index contributed by atoms with van der Waals surface area (Å²) in [5.74, 6) is -0.544. The highest BCUT2D eigenvalue weighted by Crippen LogP contribution is 2.37. The summed E-state index contributed by atoms with van der Waals surface area (Å²) < 4.78 is 11.1. The molecule has 3 aliphatic rings. The molecule has 13 heteroatoms. The quantitative estimate of drug-likeness (QED) is 0.143. The highest BCUT2D eigenvalue weighted by atomic mass is 16.6. The van der Waals surface area contributed by atoms with Gasteiger partial charge in [-0.1, -0.05) is 84.9 Å². The number of carbonyl (C=O) groups is 5. The van der Waals surface area contributed by atoms with Gasteiger partial charge in [-0.05, 0) is 108 Å². The van der Waals surface area contributed by atoms with E-state index in [0.717, 1.165) is 48.3 Å². The molecular weight excluding hydrogens is 797 g/mol. The monoisotopic (exact) mass is 858 g/mol. The molecule has 4 aromatic rings. The fourth-order valence-corrected chi connectivity index (χ4v) is 9.14. The second-order valence-electron chi connectivity index (χ2n) is 19.0. The number of amides is 4. The van der Waals surface area contributed by atoms with Crippen LogP contribution in [-0.2, 0) is 28.7 Å². The first-order chi connectivity index (χ1) is 30.0. The van der Waals surface area contributed by atoms with Crippen LogP contribution in [0.5, 0.6) is 0 Å². The van der Waals surface area contributed by atoms with E-state index in [1.807, 2.05) is 85.3 Å². The Balaban J connectivity index is 0.962. The van der Waals surface area contributed by atoms with Crippen LogP contribution in [0, 0.1) is 0 Å². The Hall–Kier alpha value is -5.98. The number of alkyl carbamates (subject to hydrolysis) is 1. The number of esters is 1. The standard InChI is InChI=1S/C50H62N6O7/c1-49(2,3)62-42(57)31-38(35-15-9-7-10-16-35)45(58)55-27-13-19-40(55)44-51-32-39(52-44)36-23-21-33(22-24-36)34-25-29-54(30-26-34)46(59)41-20-14-28-56(41)47(60)43(37-17-11-8-12-18-37)53-48(61)63-50(4,5)6/h7-12,15-18,21-24,32,34,38,40-41,43H,13-14,19-20,25-31H2,1-6H3,(H,51,52)(H,53,61)/t38-,40?,41?,43?/m1/s1. The summed E-state index contributed by atoms with van der Waals surface area (Å²) in [7, 11) is 0. The first-order valence-electron chi connectivity index (χ1n) is 22.4. The SMILES string of the molecule is CC(C)(C)OC(=O)C[C@@H](C(=O)N1CCCC1c1ncc(-c2ccc(C3CCN(C(=O)C4CCCN4C(=O)C(NC(=O)OC(C)(C)C)c4ccccc4)CC3)cc2)[nH]1)c1ccccc1. The lowest BCUT2D eigenvalue weighted by atomic mass is 9.88. The second-order valence-corrected chi connectivity index (χ2v) is 19.0. The number of hydrogen-bond acceptors (Lipinski definition) is 8. The van der Waals surface area contributed by atoms with Crippen LogP contribution in [0.1, 0.15) is 133 Å². The summed E-state index contributed by atoms with van der Waals surface area (Å²) in [5.41, 5.74) is 3.07. The molecule has 4 heterocycles. The molecule has 7 rings (SSSR count). The number of likely N-dealkylation sites (tertiary alicyclic amines) is 3. The van der Waals surface area contributed by atoms with Crippen LogP contribution in [0.4, 0.5) is 4.79 Å². The average molecular weight is 859 g/mol. The summed E-state index contributed by atoms with van der Waals surface area (Å²) in [6, 6.07) is 25.2. The Morgan fingerprint density at radius 3 is 1.95 bits per heavy atom. The summed E-state index contributed by atoms with van der Waals surface area (Å²) in [6.45, 7) is 13.0. The number of ether oxygens (including phenoxy) is 2. The first-order valence-corrected chi connectivity index (χ1v) is 22.4. The van der Waals surface area contributed by atoms with E-state index in [0.29, 0.717) is 44.6 Å². The van der Waals surface area contributed by atoms with E-state index in [9.17, 15) is 24.0 Å². The van der Waals surface area contributed by atoms with Crippen molar-refractivity contribution in [2.24, 2.45) is 0 Å². The van der Waals surface area contributed by atoms with Crippen molar-refractivity contribution < 1.29 is 33.4 Å². The van der Waals surface area contributed by atoms with E-state index < -0.39 is 41.3 Å². The molecule has 63 heavy (non-hydrogen) atoms. The fourth-order valence-electron chi connectivity index (χ4n) is 9.14. The number of nitrogens with zero attached hydrogens (tertiary/aromatic N) is 4. The number of aromatic nitrogens is 2. The van der Waals surface area contributed by atoms with Gasteiger partial charge in [0.25, 0.3) is 5.91 Å². The summed E-state index contributed by atoms with van der Waals surface area (Å²) in [5, 5.41) is 2.77. The Bertz CT molecular complexity index is 2220. The molecule has 3 fully saturated rings. The Morgan fingerprint density at radius 2 is 1.32 bits per heavy atom. The predicted octanol–water partition coefficient (Wildman–Crippen LogP) is 8.22. The molecule has 4 atom stereocenters. The molecule has 0 spiro atoms. The van der Waals surface area contributed by atoms with E-state index in [4.69, 9.17) is 14.5 Å². The van der Waals surface area contributed by atoms with Crippen molar-refractivity contribution in [2.45, 2.75) is 128 Å². The molecule has 3 saturated heterocycles. The van der Waals surface area contributed by atoms with E-state index in [1.165, 1.54) is 5.56 Å². The lowest BCUT2D eigenvalue weighted by molar-refractivity contribution is -0.157. The van der Waals surface area contributed by atoms with Crippen LogP contribution in [0.3, 0.4) is 0 Å². The molecule has 3 aliphatic heterocycles. The largest absolute Gasteiger partial charge is 0.460 e. The predicted molar refractivity (Wildman–Crippen MR) is 239 cm³/mol. The topological polar surface area (TPSA) is 154 Å². The molecule has 0 saturated carbocycles. The lowest BCUT2D eigenvalue weighted by Gasteiger charge is -2.36. The fraction of sp³-hybridized carbons (Fsp3) is 0.480. The molecule has 13 nitrogen and oxygen atoms in total. The smallest absolute Gasteiger partial charge is 0.408 e. The van der Waals surface area contributed by atoms with Crippen molar-refractivity contribution in [2.75, 3.05) is 26.2 Å². The van der Waals surface area contributed by atoms with Gasteiger partial charge in [-0.25, -0.2) is 9.78 Å². The third-order valence-corrected chi connectivity index (χ3v) is 12.1. The molecule has 1 aromatic heterocycles. The van der Waals surface area contributed by atoms with E-state index in [2.05, 4.69) is 34.6 Å². The summed E-state index contributed by atoms with van der Waals surface area (Å²) >= 11 is 0. The first kappa shape index (κ1) is 45.1. The van der Waals surface area contributed by atoms with Gasteiger partial charge >= 0.3 is 12.1 Å². The van der Waals surface area contributed by atoms with Crippen molar-refractivity contribution in [3.63, 3.8) is 0 Å².